The third-order valence-corrected chi connectivity index (χ3v) is 6.10. The number of carbonyl (C=O) groups is 1. The molecule has 1 aliphatic rings. The van der Waals surface area contributed by atoms with Crippen molar-refractivity contribution in [1.29, 1.82) is 0 Å². The average Bonchev–Trinajstić information content (AvgIpc) is 3.10. The summed E-state index contributed by atoms with van der Waals surface area (Å²) in [5.41, 5.74) is 1.97. The molecule has 1 fully saturated rings. The van der Waals surface area contributed by atoms with E-state index in [0.717, 1.165) is 17.5 Å². The van der Waals surface area contributed by atoms with Gasteiger partial charge in [0.25, 0.3) is 0 Å². The van der Waals surface area contributed by atoms with E-state index in [2.05, 4.69) is 13.8 Å². The number of ether oxygens (including phenoxy) is 1. The van der Waals surface area contributed by atoms with Gasteiger partial charge in [-0.1, -0.05) is 73.4 Å². The third kappa shape index (κ3) is 3.84. The average molecular weight is 392 g/mol. The summed E-state index contributed by atoms with van der Waals surface area (Å²) >= 11 is 12.3. The number of halogens is 2. The van der Waals surface area contributed by atoms with Crippen LogP contribution in [0.3, 0.4) is 0 Å². The van der Waals surface area contributed by atoms with Gasteiger partial charge in [-0.15, -0.1) is 0 Å². The highest BCUT2D eigenvalue weighted by atomic mass is 35.5. The molecule has 1 unspecified atom stereocenters. The Balaban J connectivity index is 1.73. The Morgan fingerprint density at radius 2 is 1.88 bits per heavy atom. The minimum Gasteiger partial charge on any atom is -0.445 e. The number of benzene rings is 2. The van der Waals surface area contributed by atoms with Crippen molar-refractivity contribution in [2.45, 2.75) is 32.3 Å². The van der Waals surface area contributed by atoms with E-state index in [0.29, 0.717) is 29.1 Å². The first-order valence-electron chi connectivity index (χ1n) is 8.83. The van der Waals surface area contributed by atoms with Crippen LogP contribution in [-0.2, 0) is 16.8 Å². The summed E-state index contributed by atoms with van der Waals surface area (Å²) in [6.45, 7) is 5.95. The lowest BCUT2D eigenvalue weighted by atomic mass is 9.71. The maximum atomic E-state index is 12.5. The van der Waals surface area contributed by atoms with Crippen LogP contribution in [0.2, 0.25) is 10.0 Å². The molecule has 3 nitrogen and oxygen atoms in total. The summed E-state index contributed by atoms with van der Waals surface area (Å²) < 4.78 is 5.50. The van der Waals surface area contributed by atoms with Crippen molar-refractivity contribution in [2.75, 3.05) is 13.1 Å². The molecule has 1 atom stereocenters. The second kappa shape index (κ2) is 7.89. The molecule has 0 bridgehead atoms. The Hall–Kier alpha value is -1.71. The third-order valence-electron chi connectivity index (χ3n) is 5.36. The molecule has 1 amide bonds. The smallest absolute Gasteiger partial charge is 0.410 e. The van der Waals surface area contributed by atoms with Crippen molar-refractivity contribution in [3.63, 3.8) is 0 Å². The van der Waals surface area contributed by atoms with E-state index in [4.69, 9.17) is 27.9 Å². The van der Waals surface area contributed by atoms with Crippen LogP contribution in [0.15, 0.2) is 48.5 Å². The largest absolute Gasteiger partial charge is 0.445 e. The lowest BCUT2D eigenvalue weighted by Gasteiger charge is -2.34. The zero-order valence-electron chi connectivity index (χ0n) is 15.0. The standard InChI is InChI=1S/C21H23Cl2NO2/c1-15(2)21(17-8-9-18(22)19(23)12-17)10-11-24(14-21)20(25)26-13-16-6-4-3-5-7-16/h3-9,12,15H,10-11,13-14H2,1-2H3. The first-order chi connectivity index (χ1) is 12.4. The molecule has 2 aromatic carbocycles. The Bertz CT molecular complexity index is 779. The van der Waals surface area contributed by atoms with Crippen LogP contribution >= 0.6 is 23.2 Å². The van der Waals surface area contributed by atoms with E-state index in [1.165, 1.54) is 0 Å². The fourth-order valence-corrected chi connectivity index (χ4v) is 3.94. The molecule has 0 aromatic heterocycles. The molecule has 5 heteroatoms. The van der Waals surface area contributed by atoms with Crippen molar-refractivity contribution in [3.05, 3.63) is 69.7 Å². The summed E-state index contributed by atoms with van der Waals surface area (Å²) in [6.07, 6.45) is 0.611. The van der Waals surface area contributed by atoms with Gasteiger partial charge in [-0.2, -0.15) is 0 Å². The molecule has 0 N–H and O–H groups in total. The van der Waals surface area contributed by atoms with Gasteiger partial charge in [-0.05, 0) is 35.6 Å². The van der Waals surface area contributed by atoms with Crippen molar-refractivity contribution in [1.82, 2.24) is 4.90 Å². The van der Waals surface area contributed by atoms with E-state index < -0.39 is 0 Å². The van der Waals surface area contributed by atoms with Gasteiger partial charge in [0.15, 0.2) is 0 Å². The maximum Gasteiger partial charge on any atom is 0.410 e. The topological polar surface area (TPSA) is 29.5 Å². The highest BCUT2D eigenvalue weighted by Crippen LogP contribution is 2.42. The monoisotopic (exact) mass is 391 g/mol. The molecular formula is C21H23Cl2NO2. The predicted octanol–water partition coefficient (Wildman–Crippen LogP) is 5.93. The van der Waals surface area contributed by atoms with Gasteiger partial charge in [-0.3, -0.25) is 0 Å². The zero-order chi connectivity index (χ0) is 18.7. The highest BCUT2D eigenvalue weighted by Gasteiger charge is 2.44. The Morgan fingerprint density at radius 3 is 2.54 bits per heavy atom. The SMILES string of the molecule is CC(C)C1(c2ccc(Cl)c(Cl)c2)CCN(C(=O)OCc2ccccc2)C1. The number of likely N-dealkylation sites (tertiary alicyclic amines) is 1. The molecule has 138 valence electrons. The van der Waals surface area contributed by atoms with Gasteiger partial charge in [0.05, 0.1) is 10.0 Å². The molecule has 2 aromatic rings. The molecule has 3 rings (SSSR count). The van der Waals surface area contributed by atoms with E-state index in [9.17, 15) is 4.79 Å². The number of nitrogens with zero attached hydrogens (tertiary/aromatic N) is 1. The van der Waals surface area contributed by atoms with Crippen LogP contribution in [-0.4, -0.2) is 24.1 Å². The molecule has 0 aliphatic carbocycles. The summed E-state index contributed by atoms with van der Waals surface area (Å²) in [7, 11) is 0. The summed E-state index contributed by atoms with van der Waals surface area (Å²) in [5, 5.41) is 1.10. The number of amides is 1. The van der Waals surface area contributed by atoms with E-state index in [1.54, 1.807) is 4.90 Å². The van der Waals surface area contributed by atoms with Gasteiger partial charge >= 0.3 is 6.09 Å². The van der Waals surface area contributed by atoms with Crippen LogP contribution in [0.5, 0.6) is 0 Å². The molecule has 1 aliphatic heterocycles. The number of rotatable bonds is 4. The number of hydrogen-bond acceptors (Lipinski definition) is 2. The van der Waals surface area contributed by atoms with Gasteiger partial charge in [0.2, 0.25) is 0 Å². The van der Waals surface area contributed by atoms with E-state index in [-0.39, 0.29) is 18.1 Å². The summed E-state index contributed by atoms with van der Waals surface area (Å²) in [6, 6.07) is 15.5. The van der Waals surface area contributed by atoms with Crippen molar-refractivity contribution >= 4 is 29.3 Å². The fraction of sp³-hybridized carbons (Fsp3) is 0.381. The quantitative estimate of drug-likeness (QED) is 0.646. The summed E-state index contributed by atoms with van der Waals surface area (Å²) in [5.74, 6) is 0.353. The zero-order valence-corrected chi connectivity index (χ0v) is 16.6. The highest BCUT2D eigenvalue weighted by molar-refractivity contribution is 6.42. The molecule has 0 radical (unpaired) electrons. The van der Waals surface area contributed by atoms with Gasteiger partial charge in [-0.25, -0.2) is 4.79 Å². The van der Waals surface area contributed by atoms with Crippen LogP contribution in [0.25, 0.3) is 0 Å². The van der Waals surface area contributed by atoms with Crippen LogP contribution in [0.4, 0.5) is 4.79 Å². The lowest BCUT2D eigenvalue weighted by Crippen LogP contribution is -2.38. The predicted molar refractivity (Wildman–Crippen MR) is 106 cm³/mol. The van der Waals surface area contributed by atoms with Crippen LogP contribution < -0.4 is 0 Å². The molecule has 1 saturated heterocycles. The van der Waals surface area contributed by atoms with Gasteiger partial charge in [0, 0.05) is 18.5 Å². The number of carbonyl (C=O) groups excluding carboxylic acids is 1. The second-order valence-corrected chi connectivity index (χ2v) is 7.97. The van der Waals surface area contributed by atoms with Crippen molar-refractivity contribution < 1.29 is 9.53 Å². The minimum atomic E-state index is -0.267. The number of hydrogen-bond donors (Lipinski definition) is 0. The Kier molecular flexibility index (Phi) is 5.79. The van der Waals surface area contributed by atoms with Crippen molar-refractivity contribution in [2.24, 2.45) is 5.92 Å². The van der Waals surface area contributed by atoms with E-state index in [1.807, 2.05) is 48.5 Å². The van der Waals surface area contributed by atoms with E-state index >= 15 is 0 Å². The first kappa shape index (κ1) is 19.1. The first-order valence-corrected chi connectivity index (χ1v) is 9.59. The maximum absolute atomic E-state index is 12.5. The Labute approximate surface area is 164 Å². The molecule has 0 saturated carbocycles. The molecule has 26 heavy (non-hydrogen) atoms. The van der Waals surface area contributed by atoms with Crippen LogP contribution in [0.1, 0.15) is 31.4 Å². The van der Waals surface area contributed by atoms with Crippen LogP contribution in [0, 0.1) is 5.92 Å². The van der Waals surface area contributed by atoms with Gasteiger partial charge < -0.3 is 9.64 Å². The molecule has 0 spiro atoms. The van der Waals surface area contributed by atoms with Crippen molar-refractivity contribution in [3.8, 4) is 0 Å². The summed E-state index contributed by atoms with van der Waals surface area (Å²) in [4.78, 5) is 14.3. The second-order valence-electron chi connectivity index (χ2n) is 7.15. The van der Waals surface area contributed by atoms with Gasteiger partial charge in [0.1, 0.15) is 6.61 Å². The molecule has 1 heterocycles. The normalized spacial score (nSPS) is 19.8. The Morgan fingerprint density at radius 1 is 1.15 bits per heavy atom. The fourth-order valence-electron chi connectivity index (χ4n) is 3.65. The lowest BCUT2D eigenvalue weighted by molar-refractivity contribution is 0.101. The minimum absolute atomic E-state index is 0.139. The molecular weight excluding hydrogens is 369 g/mol.